The summed E-state index contributed by atoms with van der Waals surface area (Å²) in [5.41, 5.74) is -0.337. The SMILES string of the molecule is CC(=O)O[C@H]1[C@H](OC(C)=O)[C@H](O[C@H]2[C@@H](OC(C)=O)[C@@H](CO[C@@H]3O[C@H](COC(=O)c4ccccc4)[C@H](OC(=O)c4ccccc4)[C@H](OC(=O)c4ccccc4)[C@H]3OC(=O)c3ccccc3)O[C@@H](OC[C@H]3O[C@@H](O)[C@H](OC(=O)c4ccccc4)[C@@H](OC(=O)c4ccccc4)[C@H]3OC(=O)c3ccccc3)[C@@H]2OC(C)=O)O[C@@H](C)[C@H]1OC(C)=O. The van der Waals surface area contributed by atoms with Crippen LogP contribution in [0.5, 0.6) is 0 Å². The van der Waals surface area contributed by atoms with Crippen LogP contribution >= 0.6 is 0 Å². The van der Waals surface area contributed by atoms with Gasteiger partial charge in [0, 0.05) is 34.6 Å². The third kappa shape index (κ3) is 22.0. The number of carbonyl (C=O) groups excluding carboxylic acids is 12. The summed E-state index contributed by atoms with van der Waals surface area (Å²) >= 11 is 0. The molecule has 115 heavy (non-hydrogen) atoms. The third-order valence-electron chi connectivity index (χ3n) is 18.1. The van der Waals surface area contributed by atoms with E-state index >= 15 is 0 Å². The summed E-state index contributed by atoms with van der Waals surface area (Å²) < 4.78 is 118. The van der Waals surface area contributed by atoms with Crippen LogP contribution in [0.15, 0.2) is 212 Å². The number of ether oxygens (including phenoxy) is 19. The lowest BCUT2D eigenvalue weighted by Gasteiger charge is -2.49. The maximum Gasteiger partial charge on any atom is 0.338 e. The van der Waals surface area contributed by atoms with Gasteiger partial charge in [-0.15, -0.1) is 0 Å². The van der Waals surface area contributed by atoms with Crippen LogP contribution in [0.1, 0.15) is 114 Å². The van der Waals surface area contributed by atoms with E-state index in [0.717, 1.165) is 34.6 Å². The van der Waals surface area contributed by atoms with Crippen LogP contribution in [0.3, 0.4) is 0 Å². The van der Waals surface area contributed by atoms with Crippen LogP contribution < -0.4 is 0 Å². The Labute approximate surface area is 657 Å². The van der Waals surface area contributed by atoms with Gasteiger partial charge in [-0.3, -0.25) is 24.0 Å². The molecular weight excluding hydrogens is 1510 g/mol. The summed E-state index contributed by atoms with van der Waals surface area (Å²) in [4.78, 5) is 168. The molecule has 11 rings (SSSR count). The number of aliphatic hydroxyl groups is 1. The van der Waals surface area contributed by atoms with Crippen molar-refractivity contribution in [2.24, 2.45) is 0 Å². The lowest BCUT2D eigenvalue weighted by Crippen LogP contribution is -2.67. The number of hydrogen-bond donors (Lipinski definition) is 1. The second kappa shape index (κ2) is 39.6. The molecule has 20 atom stereocenters. The number of aliphatic hydroxyl groups excluding tert-OH is 1. The molecule has 4 aliphatic rings. The Bertz CT molecular complexity index is 4500. The summed E-state index contributed by atoms with van der Waals surface area (Å²) in [5, 5.41) is 12.2. The highest BCUT2D eigenvalue weighted by atomic mass is 16.8. The average Bonchev–Trinajstić information content (AvgIpc) is 0.765. The molecule has 32 heteroatoms. The molecule has 7 aromatic carbocycles. The first kappa shape index (κ1) is 83.8. The first-order chi connectivity index (χ1) is 55.4. The van der Waals surface area contributed by atoms with Crippen molar-refractivity contribution in [2.45, 2.75) is 164 Å². The number of hydrogen-bond acceptors (Lipinski definition) is 32. The monoisotopic (exact) mass is 1590 g/mol. The van der Waals surface area contributed by atoms with Crippen LogP contribution in [0.25, 0.3) is 0 Å². The Kier molecular flexibility index (Phi) is 28.8. The lowest BCUT2D eigenvalue weighted by molar-refractivity contribution is -0.369. The first-order valence-corrected chi connectivity index (χ1v) is 36.2. The molecule has 0 aliphatic carbocycles. The molecule has 4 saturated heterocycles. The Morgan fingerprint density at radius 2 is 0.504 bits per heavy atom. The van der Waals surface area contributed by atoms with E-state index in [1.807, 2.05) is 0 Å². The molecule has 0 bridgehead atoms. The minimum absolute atomic E-state index is 0.0356. The zero-order valence-electron chi connectivity index (χ0n) is 62.5. The second-order valence-electron chi connectivity index (χ2n) is 26.4. The minimum atomic E-state index is -2.30. The van der Waals surface area contributed by atoms with Gasteiger partial charge >= 0.3 is 71.6 Å². The standard InChI is InChI=1S/C83H80O32/c1-45-61(101-46(2)84)65(103-48(4)86)72(105-50(6)88)83(100-45)115-68-62(102-47(3)85)60(108-81(70(68)104-49(5)87)98-43-58-63(109-74(90)52-30-16-8-17-31-52)66(111-76(92)54-34-20-10-21-35-54)69(80(96)106-58)113-78(94)56-38-24-12-25-39-56)44-99-82-71(114-79(95)57-40-26-13-27-41-57)67(112-77(93)55-36-22-11-23-37-55)64(110-75(91)53-32-18-9-19-33-53)59(107-82)42-97-73(89)51-28-14-7-15-29-51/h7-41,45,58-72,80-83,96H,42-44H2,1-6H3/t45-,58+,59+,60+,61+,62-,63-,64-,65+,66-,67-,68-,69+,70+,71+,72-,80+,81+,82+,83-/m0/s1. The van der Waals surface area contributed by atoms with Gasteiger partial charge in [-0.05, 0) is 91.9 Å². The molecule has 0 unspecified atom stereocenters. The number of benzene rings is 7. The maximum atomic E-state index is 14.7. The molecule has 4 heterocycles. The van der Waals surface area contributed by atoms with Gasteiger partial charge in [0.25, 0.3) is 0 Å². The van der Waals surface area contributed by atoms with Gasteiger partial charge in [-0.2, -0.15) is 0 Å². The van der Waals surface area contributed by atoms with Crippen LogP contribution in [-0.2, 0) is 114 Å². The molecule has 4 fully saturated rings. The van der Waals surface area contributed by atoms with E-state index in [2.05, 4.69) is 0 Å². The highest BCUT2D eigenvalue weighted by Gasteiger charge is 2.60. The van der Waals surface area contributed by atoms with E-state index in [1.54, 1.807) is 54.6 Å². The van der Waals surface area contributed by atoms with Crippen molar-refractivity contribution in [1.82, 2.24) is 0 Å². The Hall–Kier alpha value is -12.1. The molecule has 32 nitrogen and oxygen atoms in total. The molecule has 0 spiro atoms. The second-order valence-corrected chi connectivity index (χ2v) is 26.4. The van der Waals surface area contributed by atoms with E-state index in [1.165, 1.54) is 165 Å². The van der Waals surface area contributed by atoms with Gasteiger partial charge in [-0.1, -0.05) is 127 Å². The molecule has 1 N–H and O–H groups in total. The quantitative estimate of drug-likeness (QED) is 0.0374. The van der Waals surface area contributed by atoms with Gasteiger partial charge in [-0.25, -0.2) is 33.6 Å². The summed E-state index contributed by atoms with van der Waals surface area (Å²) in [7, 11) is 0. The van der Waals surface area contributed by atoms with Crippen LogP contribution in [0.2, 0.25) is 0 Å². The van der Waals surface area contributed by atoms with E-state index in [4.69, 9.17) is 90.0 Å². The lowest BCUT2D eigenvalue weighted by atomic mass is 9.95. The van der Waals surface area contributed by atoms with Crippen molar-refractivity contribution in [1.29, 1.82) is 0 Å². The smallest absolute Gasteiger partial charge is 0.338 e. The van der Waals surface area contributed by atoms with Gasteiger partial charge in [0.2, 0.25) is 0 Å². The van der Waals surface area contributed by atoms with E-state index < -0.39 is 214 Å². The van der Waals surface area contributed by atoms with Crippen LogP contribution in [0.4, 0.5) is 0 Å². The average molecular weight is 1590 g/mol. The van der Waals surface area contributed by atoms with E-state index in [-0.39, 0.29) is 38.9 Å². The summed E-state index contributed by atoms with van der Waals surface area (Å²) in [6, 6.07) is 52.2. The zero-order valence-corrected chi connectivity index (χ0v) is 62.5. The van der Waals surface area contributed by atoms with E-state index in [0.29, 0.717) is 0 Å². The summed E-state index contributed by atoms with van der Waals surface area (Å²) in [6.45, 7) is 3.31. The molecule has 0 radical (unpaired) electrons. The predicted octanol–water partition coefficient (Wildman–Crippen LogP) is 7.19. The number of rotatable bonds is 28. The predicted molar refractivity (Wildman–Crippen MR) is 388 cm³/mol. The van der Waals surface area contributed by atoms with Crippen molar-refractivity contribution >= 4 is 71.6 Å². The van der Waals surface area contributed by atoms with Crippen LogP contribution in [0, 0.1) is 0 Å². The minimum Gasteiger partial charge on any atom is -0.459 e. The molecule has 0 amide bonds. The maximum absolute atomic E-state index is 14.7. The molecule has 7 aromatic rings. The van der Waals surface area contributed by atoms with Gasteiger partial charge in [0.1, 0.15) is 31.0 Å². The summed E-state index contributed by atoms with van der Waals surface area (Å²) in [5.74, 6) is -12.6. The fourth-order valence-corrected chi connectivity index (χ4v) is 13.0. The van der Waals surface area contributed by atoms with Crippen molar-refractivity contribution in [3.05, 3.63) is 251 Å². The van der Waals surface area contributed by atoms with Crippen LogP contribution in [-0.4, -0.2) is 219 Å². The molecule has 0 aromatic heterocycles. The Morgan fingerprint density at radius 1 is 0.261 bits per heavy atom. The highest BCUT2D eigenvalue weighted by molar-refractivity contribution is 5.93. The van der Waals surface area contributed by atoms with Gasteiger partial charge in [0.15, 0.2) is 92.3 Å². The number of carbonyl (C=O) groups is 12. The zero-order chi connectivity index (χ0) is 81.8. The molecule has 0 saturated carbocycles. The van der Waals surface area contributed by atoms with Crippen molar-refractivity contribution < 1.29 is 153 Å². The fraction of sp³-hybridized carbons (Fsp3) is 0.349. The normalized spacial score (nSPS) is 26.9. The third-order valence-corrected chi connectivity index (χ3v) is 18.1. The topological polar surface area (TPSA) is 400 Å². The molecular formula is C83H80O32. The fourth-order valence-electron chi connectivity index (χ4n) is 13.0. The molecule has 4 aliphatic heterocycles. The van der Waals surface area contributed by atoms with Crippen molar-refractivity contribution in [2.75, 3.05) is 19.8 Å². The summed E-state index contributed by atoms with van der Waals surface area (Å²) in [6.07, 6.45) is -39.4. The van der Waals surface area contributed by atoms with E-state index in [9.17, 15) is 62.6 Å². The highest BCUT2D eigenvalue weighted by Crippen LogP contribution is 2.39. The van der Waals surface area contributed by atoms with Crippen molar-refractivity contribution in [3.8, 4) is 0 Å². The Morgan fingerprint density at radius 3 is 0.861 bits per heavy atom. The largest absolute Gasteiger partial charge is 0.459 e. The van der Waals surface area contributed by atoms with Gasteiger partial charge < -0.3 is 95.1 Å². The van der Waals surface area contributed by atoms with Crippen molar-refractivity contribution in [3.63, 3.8) is 0 Å². The number of esters is 12. The Balaban J connectivity index is 1.04. The first-order valence-electron chi connectivity index (χ1n) is 36.2. The molecule has 604 valence electrons. The van der Waals surface area contributed by atoms with Gasteiger partial charge in [0.05, 0.1) is 58.3 Å².